The molecule has 0 unspecified atom stereocenters. The first kappa shape index (κ1) is 15.8. The summed E-state index contributed by atoms with van der Waals surface area (Å²) in [6.45, 7) is 6.88. The number of hydrogen-bond acceptors (Lipinski definition) is 3. The summed E-state index contributed by atoms with van der Waals surface area (Å²) in [7, 11) is 0. The molecule has 2 N–H and O–H groups in total. The van der Waals surface area contributed by atoms with Gasteiger partial charge in [0.1, 0.15) is 0 Å². The summed E-state index contributed by atoms with van der Waals surface area (Å²) in [5, 5.41) is 13.1. The molecule has 2 heterocycles. The van der Waals surface area contributed by atoms with Crippen LogP contribution in [0.5, 0.6) is 0 Å². The van der Waals surface area contributed by atoms with Gasteiger partial charge in [0.25, 0.3) is 0 Å². The smallest absolute Gasteiger partial charge is 0.321 e. The van der Waals surface area contributed by atoms with Crippen LogP contribution < -0.4 is 5.32 Å². The molecular weight excluding hydrogens is 292 g/mol. The minimum atomic E-state index is -0.0531. The SMILES string of the molecule is CCn1ccc2ccc(NC(=O)N3CCN(CCO)CC3)cc21. The number of piperazine rings is 1. The maximum Gasteiger partial charge on any atom is 0.321 e. The van der Waals surface area contributed by atoms with Gasteiger partial charge in [-0.15, -0.1) is 0 Å². The number of nitrogens with one attached hydrogen (secondary N) is 1. The number of anilines is 1. The maximum atomic E-state index is 12.4. The van der Waals surface area contributed by atoms with E-state index in [1.807, 2.05) is 23.1 Å². The summed E-state index contributed by atoms with van der Waals surface area (Å²) >= 11 is 0. The number of aromatic nitrogens is 1. The summed E-state index contributed by atoms with van der Waals surface area (Å²) in [5.41, 5.74) is 1.96. The number of nitrogens with zero attached hydrogens (tertiary/aromatic N) is 3. The lowest BCUT2D eigenvalue weighted by Crippen LogP contribution is -2.50. The van der Waals surface area contributed by atoms with Crippen LogP contribution in [0.15, 0.2) is 30.5 Å². The molecule has 0 radical (unpaired) electrons. The second-order valence-electron chi connectivity index (χ2n) is 5.86. The number of urea groups is 1. The summed E-state index contributed by atoms with van der Waals surface area (Å²) in [5.74, 6) is 0. The quantitative estimate of drug-likeness (QED) is 0.904. The van der Waals surface area contributed by atoms with Crippen molar-refractivity contribution in [2.24, 2.45) is 0 Å². The van der Waals surface area contributed by atoms with Gasteiger partial charge in [0.2, 0.25) is 0 Å². The molecule has 1 aliphatic rings. The number of rotatable bonds is 4. The van der Waals surface area contributed by atoms with Crippen LogP contribution in [0.3, 0.4) is 0 Å². The summed E-state index contributed by atoms with van der Waals surface area (Å²) in [4.78, 5) is 16.4. The van der Waals surface area contributed by atoms with Gasteiger partial charge in [0, 0.05) is 51.2 Å². The van der Waals surface area contributed by atoms with Crippen LogP contribution in [0.1, 0.15) is 6.92 Å². The Morgan fingerprint density at radius 2 is 2.00 bits per heavy atom. The first-order valence-electron chi connectivity index (χ1n) is 8.19. The fourth-order valence-electron chi connectivity index (χ4n) is 3.06. The molecule has 6 nitrogen and oxygen atoms in total. The minimum Gasteiger partial charge on any atom is -0.395 e. The fourth-order valence-corrected chi connectivity index (χ4v) is 3.06. The molecule has 1 aromatic heterocycles. The van der Waals surface area contributed by atoms with Crippen molar-refractivity contribution in [1.82, 2.24) is 14.4 Å². The van der Waals surface area contributed by atoms with Crippen molar-refractivity contribution >= 4 is 22.6 Å². The molecule has 0 saturated carbocycles. The minimum absolute atomic E-state index is 0.0531. The van der Waals surface area contributed by atoms with Crippen LogP contribution in [0.2, 0.25) is 0 Å². The molecule has 0 bridgehead atoms. The lowest BCUT2D eigenvalue weighted by molar-refractivity contribution is 0.127. The van der Waals surface area contributed by atoms with Crippen LogP contribution in [0, 0.1) is 0 Å². The fraction of sp³-hybridized carbons (Fsp3) is 0.471. The predicted octanol–water partition coefficient (Wildman–Crippen LogP) is 1.80. The second-order valence-corrected chi connectivity index (χ2v) is 5.86. The number of aliphatic hydroxyl groups is 1. The van der Waals surface area contributed by atoms with Crippen LogP contribution in [-0.4, -0.2) is 64.8 Å². The Bertz CT molecular complexity index is 674. The standard InChI is InChI=1S/C17H24N4O2/c1-2-20-6-5-14-3-4-15(13-16(14)20)18-17(23)21-9-7-19(8-10-21)11-12-22/h3-6,13,22H,2,7-12H2,1H3,(H,18,23). The Morgan fingerprint density at radius 3 is 2.70 bits per heavy atom. The van der Waals surface area contributed by atoms with Gasteiger partial charge in [0.05, 0.1) is 12.1 Å². The van der Waals surface area contributed by atoms with Crippen LogP contribution in [0.4, 0.5) is 10.5 Å². The number of amides is 2. The van der Waals surface area contributed by atoms with Crippen molar-refractivity contribution in [2.45, 2.75) is 13.5 Å². The number of fused-ring (bicyclic) bond motifs is 1. The van der Waals surface area contributed by atoms with Gasteiger partial charge in [-0.2, -0.15) is 0 Å². The lowest BCUT2D eigenvalue weighted by atomic mass is 10.2. The monoisotopic (exact) mass is 316 g/mol. The largest absolute Gasteiger partial charge is 0.395 e. The average Bonchev–Trinajstić information content (AvgIpc) is 2.98. The van der Waals surface area contributed by atoms with E-state index in [1.165, 1.54) is 5.39 Å². The van der Waals surface area contributed by atoms with E-state index in [1.54, 1.807) is 0 Å². The molecule has 0 spiro atoms. The second kappa shape index (κ2) is 7.02. The molecule has 23 heavy (non-hydrogen) atoms. The molecule has 124 valence electrons. The average molecular weight is 316 g/mol. The number of carbonyl (C=O) groups excluding carboxylic acids is 1. The highest BCUT2D eigenvalue weighted by atomic mass is 16.3. The Balaban J connectivity index is 1.64. The number of aliphatic hydroxyl groups excluding tert-OH is 1. The molecule has 3 rings (SSSR count). The molecular formula is C17H24N4O2. The first-order chi connectivity index (χ1) is 11.2. The van der Waals surface area contributed by atoms with E-state index in [-0.39, 0.29) is 12.6 Å². The summed E-state index contributed by atoms with van der Waals surface area (Å²) in [6.07, 6.45) is 2.07. The summed E-state index contributed by atoms with van der Waals surface area (Å²) in [6, 6.07) is 8.05. The van der Waals surface area contributed by atoms with Crippen molar-refractivity contribution in [1.29, 1.82) is 0 Å². The molecule has 1 aliphatic heterocycles. The zero-order valence-corrected chi connectivity index (χ0v) is 13.5. The molecule has 0 aliphatic carbocycles. The third-order valence-corrected chi connectivity index (χ3v) is 4.44. The Labute approximate surface area is 136 Å². The topological polar surface area (TPSA) is 60.7 Å². The molecule has 2 amide bonds. The number of carbonyl (C=O) groups is 1. The third-order valence-electron chi connectivity index (χ3n) is 4.44. The van der Waals surface area contributed by atoms with Crippen molar-refractivity contribution in [3.8, 4) is 0 Å². The Hall–Kier alpha value is -2.05. The number of aryl methyl sites for hydroxylation is 1. The van der Waals surface area contributed by atoms with Crippen molar-refractivity contribution in [3.05, 3.63) is 30.5 Å². The van der Waals surface area contributed by atoms with Gasteiger partial charge in [-0.1, -0.05) is 6.07 Å². The highest BCUT2D eigenvalue weighted by Crippen LogP contribution is 2.21. The predicted molar refractivity (Wildman–Crippen MR) is 91.7 cm³/mol. The lowest BCUT2D eigenvalue weighted by Gasteiger charge is -2.34. The molecule has 0 atom stereocenters. The van der Waals surface area contributed by atoms with Crippen molar-refractivity contribution in [3.63, 3.8) is 0 Å². The first-order valence-corrected chi connectivity index (χ1v) is 8.19. The molecule has 1 saturated heterocycles. The van der Waals surface area contributed by atoms with Crippen molar-refractivity contribution in [2.75, 3.05) is 44.6 Å². The number of hydrogen-bond donors (Lipinski definition) is 2. The van der Waals surface area contributed by atoms with Gasteiger partial charge in [-0.05, 0) is 30.5 Å². The van der Waals surface area contributed by atoms with Gasteiger partial charge in [-0.3, -0.25) is 4.90 Å². The van der Waals surface area contributed by atoms with E-state index in [0.717, 1.165) is 30.8 Å². The molecule has 1 fully saturated rings. The third kappa shape index (κ3) is 3.48. The highest BCUT2D eigenvalue weighted by Gasteiger charge is 2.20. The summed E-state index contributed by atoms with van der Waals surface area (Å²) < 4.78 is 2.17. The van der Waals surface area contributed by atoms with E-state index in [0.29, 0.717) is 19.6 Å². The molecule has 2 aromatic rings. The van der Waals surface area contributed by atoms with E-state index >= 15 is 0 Å². The zero-order chi connectivity index (χ0) is 16.2. The van der Waals surface area contributed by atoms with Crippen molar-refractivity contribution < 1.29 is 9.90 Å². The Morgan fingerprint density at radius 1 is 1.22 bits per heavy atom. The van der Waals surface area contributed by atoms with Gasteiger partial charge in [-0.25, -0.2) is 4.79 Å². The zero-order valence-electron chi connectivity index (χ0n) is 13.5. The van der Waals surface area contributed by atoms with E-state index in [9.17, 15) is 4.79 Å². The van der Waals surface area contributed by atoms with Gasteiger partial charge < -0.3 is 19.9 Å². The normalized spacial score (nSPS) is 16.0. The highest BCUT2D eigenvalue weighted by molar-refractivity contribution is 5.92. The van der Waals surface area contributed by atoms with Crippen LogP contribution >= 0.6 is 0 Å². The molecule has 6 heteroatoms. The van der Waals surface area contributed by atoms with E-state index < -0.39 is 0 Å². The van der Waals surface area contributed by atoms with Gasteiger partial charge >= 0.3 is 6.03 Å². The van der Waals surface area contributed by atoms with E-state index in [2.05, 4.69) is 34.0 Å². The molecule has 1 aromatic carbocycles. The Kier molecular flexibility index (Phi) is 4.83. The van der Waals surface area contributed by atoms with Crippen LogP contribution in [0.25, 0.3) is 10.9 Å². The number of benzene rings is 1. The van der Waals surface area contributed by atoms with Crippen LogP contribution in [-0.2, 0) is 6.54 Å². The van der Waals surface area contributed by atoms with E-state index in [4.69, 9.17) is 5.11 Å². The maximum absolute atomic E-state index is 12.4. The van der Waals surface area contributed by atoms with Gasteiger partial charge in [0.15, 0.2) is 0 Å². The number of β-amino-alcohol motifs (C(OH)–C–C–N with tert-alkyl or cyclic N) is 1.